The van der Waals surface area contributed by atoms with Crippen LogP contribution in [0.4, 0.5) is 4.79 Å². The monoisotopic (exact) mass is 367 g/mol. The molecule has 0 atom stereocenters. The highest BCUT2D eigenvalue weighted by Crippen LogP contribution is 2.21. The van der Waals surface area contributed by atoms with Crippen LogP contribution in [0.15, 0.2) is 4.99 Å². The number of aliphatic imine (C=N–C) groups is 1. The zero-order valence-corrected chi connectivity index (χ0v) is 16.6. The fraction of sp³-hybridized carbons (Fsp3) is 0.895. The summed E-state index contributed by atoms with van der Waals surface area (Å²) in [6.07, 6.45) is 9.40. The molecule has 2 aliphatic rings. The summed E-state index contributed by atoms with van der Waals surface area (Å²) in [6, 6.07) is 1.04. The standard InChI is InChI=1S/C19H37N5O2/c1-3-26-19(25)24-14-10-16(11-15-24)22-18(20)21-12-7-13-23(2)17-8-5-4-6-9-17/h16-17H,3-15H2,1-2H3,(H3,20,21,22). The van der Waals surface area contributed by atoms with Gasteiger partial charge < -0.3 is 25.6 Å². The molecular formula is C19H37N5O2. The van der Waals surface area contributed by atoms with Crippen LogP contribution in [0.3, 0.4) is 0 Å². The third-order valence-electron chi connectivity index (χ3n) is 5.52. The van der Waals surface area contributed by atoms with Gasteiger partial charge in [-0.15, -0.1) is 0 Å². The lowest BCUT2D eigenvalue weighted by atomic mass is 9.94. The van der Waals surface area contributed by atoms with Crippen molar-refractivity contribution in [3.8, 4) is 0 Å². The molecule has 2 rings (SSSR count). The highest BCUT2D eigenvalue weighted by molar-refractivity contribution is 5.78. The van der Waals surface area contributed by atoms with E-state index in [1.165, 1.54) is 32.1 Å². The van der Waals surface area contributed by atoms with Crippen molar-refractivity contribution in [2.24, 2.45) is 10.7 Å². The van der Waals surface area contributed by atoms with Gasteiger partial charge in [0.2, 0.25) is 0 Å². The Balaban J connectivity index is 1.59. The smallest absolute Gasteiger partial charge is 0.409 e. The van der Waals surface area contributed by atoms with Crippen LogP contribution >= 0.6 is 0 Å². The van der Waals surface area contributed by atoms with Gasteiger partial charge in [-0.3, -0.25) is 4.99 Å². The van der Waals surface area contributed by atoms with Crippen LogP contribution in [0.2, 0.25) is 0 Å². The van der Waals surface area contributed by atoms with E-state index in [1.807, 2.05) is 6.92 Å². The molecule has 0 radical (unpaired) electrons. The molecule has 0 aromatic heterocycles. The second-order valence-electron chi connectivity index (χ2n) is 7.50. The quantitative estimate of drug-likeness (QED) is 0.409. The van der Waals surface area contributed by atoms with Crippen LogP contribution < -0.4 is 11.1 Å². The molecule has 1 saturated heterocycles. The first-order valence-corrected chi connectivity index (χ1v) is 10.3. The summed E-state index contributed by atoms with van der Waals surface area (Å²) in [6.45, 7) is 5.51. The number of amides is 1. The number of hydrogen-bond donors (Lipinski definition) is 2. The van der Waals surface area contributed by atoms with Gasteiger partial charge in [-0.05, 0) is 52.6 Å². The van der Waals surface area contributed by atoms with Gasteiger partial charge in [-0.25, -0.2) is 4.79 Å². The van der Waals surface area contributed by atoms with Gasteiger partial charge in [0.25, 0.3) is 0 Å². The Morgan fingerprint density at radius 2 is 1.92 bits per heavy atom. The highest BCUT2D eigenvalue weighted by atomic mass is 16.6. The van der Waals surface area contributed by atoms with Crippen molar-refractivity contribution >= 4 is 12.1 Å². The van der Waals surface area contributed by atoms with Crippen molar-refractivity contribution in [3.63, 3.8) is 0 Å². The normalized spacial score (nSPS) is 20.4. The van der Waals surface area contributed by atoms with Crippen LogP contribution in [-0.4, -0.2) is 73.8 Å². The Kier molecular flexibility index (Phi) is 9.01. The summed E-state index contributed by atoms with van der Waals surface area (Å²) < 4.78 is 5.04. The Hall–Kier alpha value is -1.50. The maximum Gasteiger partial charge on any atom is 0.409 e. The van der Waals surface area contributed by atoms with Crippen LogP contribution in [-0.2, 0) is 4.74 Å². The minimum atomic E-state index is -0.213. The predicted octanol–water partition coefficient (Wildman–Crippen LogP) is 2.17. The average Bonchev–Trinajstić information content (AvgIpc) is 2.66. The second kappa shape index (κ2) is 11.3. The van der Waals surface area contributed by atoms with Gasteiger partial charge in [0.15, 0.2) is 5.96 Å². The topological polar surface area (TPSA) is 83.2 Å². The Labute approximate surface area is 158 Å². The maximum absolute atomic E-state index is 11.7. The molecule has 2 fully saturated rings. The average molecular weight is 368 g/mol. The number of carbonyl (C=O) groups excluding carboxylic acids is 1. The van der Waals surface area contributed by atoms with Gasteiger partial charge in [-0.1, -0.05) is 19.3 Å². The zero-order valence-electron chi connectivity index (χ0n) is 16.6. The number of guanidine groups is 1. The van der Waals surface area contributed by atoms with E-state index in [4.69, 9.17) is 10.5 Å². The van der Waals surface area contributed by atoms with E-state index >= 15 is 0 Å². The summed E-state index contributed by atoms with van der Waals surface area (Å²) in [7, 11) is 2.23. The maximum atomic E-state index is 11.7. The van der Waals surface area contributed by atoms with Crippen molar-refractivity contribution in [2.45, 2.75) is 70.4 Å². The van der Waals surface area contributed by atoms with Gasteiger partial charge in [0, 0.05) is 31.7 Å². The van der Waals surface area contributed by atoms with Gasteiger partial charge in [0.05, 0.1) is 6.61 Å². The molecule has 1 saturated carbocycles. The van der Waals surface area contributed by atoms with E-state index < -0.39 is 0 Å². The fourth-order valence-electron chi connectivity index (χ4n) is 3.90. The number of hydrogen-bond acceptors (Lipinski definition) is 4. The van der Waals surface area contributed by atoms with E-state index in [9.17, 15) is 4.79 Å². The van der Waals surface area contributed by atoms with Crippen molar-refractivity contribution in [3.05, 3.63) is 0 Å². The first-order valence-electron chi connectivity index (χ1n) is 10.3. The summed E-state index contributed by atoms with van der Waals surface area (Å²) in [4.78, 5) is 20.4. The summed E-state index contributed by atoms with van der Waals surface area (Å²) in [5.41, 5.74) is 6.03. The molecule has 1 aliphatic carbocycles. The van der Waals surface area contributed by atoms with Crippen LogP contribution in [0, 0.1) is 0 Å². The first-order chi connectivity index (χ1) is 12.6. The summed E-state index contributed by atoms with van der Waals surface area (Å²) in [5, 5.41) is 3.30. The molecule has 1 amide bonds. The van der Waals surface area contributed by atoms with E-state index in [0.29, 0.717) is 25.7 Å². The largest absolute Gasteiger partial charge is 0.450 e. The zero-order chi connectivity index (χ0) is 18.8. The lowest BCUT2D eigenvalue weighted by Gasteiger charge is -2.32. The third-order valence-corrected chi connectivity index (χ3v) is 5.52. The van der Waals surface area contributed by atoms with Crippen molar-refractivity contribution in [2.75, 3.05) is 39.8 Å². The predicted molar refractivity (Wildman–Crippen MR) is 105 cm³/mol. The lowest BCUT2D eigenvalue weighted by molar-refractivity contribution is 0.0963. The second-order valence-corrected chi connectivity index (χ2v) is 7.50. The molecule has 1 aliphatic heterocycles. The Morgan fingerprint density at radius 1 is 1.23 bits per heavy atom. The lowest BCUT2D eigenvalue weighted by Crippen LogP contribution is -2.48. The van der Waals surface area contributed by atoms with E-state index in [1.54, 1.807) is 4.90 Å². The Bertz CT molecular complexity index is 443. The number of ether oxygens (including phenoxy) is 1. The number of nitrogens with one attached hydrogen (secondary N) is 1. The van der Waals surface area contributed by atoms with E-state index in [0.717, 1.165) is 38.4 Å². The summed E-state index contributed by atoms with van der Waals surface area (Å²) >= 11 is 0. The molecule has 7 heteroatoms. The third kappa shape index (κ3) is 7.02. The Morgan fingerprint density at radius 3 is 2.58 bits per heavy atom. The molecular weight excluding hydrogens is 330 g/mol. The molecule has 7 nitrogen and oxygen atoms in total. The first kappa shape index (κ1) is 20.8. The molecule has 0 spiro atoms. The molecule has 0 aromatic rings. The highest BCUT2D eigenvalue weighted by Gasteiger charge is 2.23. The fourth-order valence-corrected chi connectivity index (χ4v) is 3.90. The number of likely N-dealkylation sites (tertiary alicyclic amines) is 1. The van der Waals surface area contributed by atoms with Crippen molar-refractivity contribution < 1.29 is 9.53 Å². The molecule has 0 aromatic carbocycles. The van der Waals surface area contributed by atoms with Crippen molar-refractivity contribution in [1.82, 2.24) is 15.1 Å². The number of rotatable bonds is 7. The molecule has 0 unspecified atom stereocenters. The van der Waals surface area contributed by atoms with Crippen LogP contribution in [0.5, 0.6) is 0 Å². The van der Waals surface area contributed by atoms with Crippen LogP contribution in [0.1, 0.15) is 58.3 Å². The minimum Gasteiger partial charge on any atom is -0.450 e. The van der Waals surface area contributed by atoms with Gasteiger partial charge in [-0.2, -0.15) is 0 Å². The number of piperidine rings is 1. The minimum absolute atomic E-state index is 0.213. The number of nitrogens with zero attached hydrogens (tertiary/aromatic N) is 3. The van der Waals surface area contributed by atoms with Gasteiger partial charge >= 0.3 is 6.09 Å². The van der Waals surface area contributed by atoms with Crippen LogP contribution in [0.25, 0.3) is 0 Å². The molecule has 150 valence electrons. The van der Waals surface area contributed by atoms with E-state index in [-0.39, 0.29) is 12.1 Å². The summed E-state index contributed by atoms with van der Waals surface area (Å²) in [5.74, 6) is 0.528. The van der Waals surface area contributed by atoms with Crippen molar-refractivity contribution in [1.29, 1.82) is 0 Å². The van der Waals surface area contributed by atoms with E-state index in [2.05, 4.69) is 22.3 Å². The number of carbonyl (C=O) groups is 1. The molecule has 26 heavy (non-hydrogen) atoms. The number of nitrogens with two attached hydrogens (primary N) is 1. The molecule has 0 bridgehead atoms. The molecule has 3 N–H and O–H groups in total. The SMILES string of the molecule is CCOC(=O)N1CCC(NC(N)=NCCCN(C)C2CCCCC2)CC1. The molecule has 1 heterocycles. The van der Waals surface area contributed by atoms with Gasteiger partial charge in [0.1, 0.15) is 0 Å².